The van der Waals surface area contributed by atoms with Gasteiger partial charge in [-0.25, -0.2) is 9.67 Å². The molecule has 1 unspecified atom stereocenters. The number of aromatic amines is 1. The minimum Gasteiger partial charge on any atom is -0.389 e. The van der Waals surface area contributed by atoms with Gasteiger partial charge in [0.15, 0.2) is 11.6 Å². The van der Waals surface area contributed by atoms with Crippen LogP contribution in [0.5, 0.6) is 0 Å². The molecule has 0 bridgehead atoms. The average Bonchev–Trinajstić information content (AvgIpc) is 2.95. The summed E-state index contributed by atoms with van der Waals surface area (Å²) in [6.45, 7) is 8.14. The zero-order valence-corrected chi connectivity index (χ0v) is 15.8. The number of aliphatic hydroxyl groups is 1. The van der Waals surface area contributed by atoms with E-state index in [0.29, 0.717) is 23.7 Å². The van der Waals surface area contributed by atoms with Crippen LogP contribution in [0.3, 0.4) is 0 Å². The van der Waals surface area contributed by atoms with Gasteiger partial charge in [0.25, 0.3) is 5.56 Å². The molecule has 2 N–H and O–H groups in total. The van der Waals surface area contributed by atoms with Gasteiger partial charge in [0.2, 0.25) is 0 Å². The zero-order valence-electron chi connectivity index (χ0n) is 15.8. The summed E-state index contributed by atoms with van der Waals surface area (Å²) in [6, 6.07) is 7.46. The molecule has 0 saturated heterocycles. The normalized spacial score (nSPS) is 13.3. The lowest BCUT2D eigenvalue weighted by Gasteiger charge is -2.18. The molecule has 0 aliphatic heterocycles. The Bertz CT molecular complexity index is 966. The Balaban J connectivity index is 2.17. The lowest BCUT2D eigenvalue weighted by Crippen LogP contribution is -2.27. The quantitative estimate of drug-likeness (QED) is 0.712. The number of pyridine rings is 1. The van der Waals surface area contributed by atoms with Crippen LogP contribution >= 0.6 is 0 Å². The minimum absolute atomic E-state index is 0.127. The van der Waals surface area contributed by atoms with Gasteiger partial charge in [0.1, 0.15) is 0 Å². The maximum atomic E-state index is 12.1. The molecule has 0 aliphatic carbocycles. The number of benzene rings is 1. The van der Waals surface area contributed by atoms with Crippen molar-refractivity contribution in [2.24, 2.45) is 5.92 Å². The van der Waals surface area contributed by atoms with Crippen molar-refractivity contribution in [3.63, 3.8) is 0 Å². The maximum Gasteiger partial charge on any atom is 0.255 e. The Morgan fingerprint density at radius 1 is 1.27 bits per heavy atom. The molecule has 0 fully saturated rings. The lowest BCUT2D eigenvalue weighted by molar-refractivity contribution is 0.0581. The van der Waals surface area contributed by atoms with E-state index in [-0.39, 0.29) is 5.56 Å². The molecular formula is C20H26N4O2. The number of fused-ring (bicyclic) bond motifs is 1. The van der Waals surface area contributed by atoms with Crippen molar-refractivity contribution in [3.05, 3.63) is 46.6 Å². The predicted molar refractivity (Wildman–Crippen MR) is 103 cm³/mol. The number of nitrogens with zero attached hydrogens (tertiary/aromatic N) is 3. The number of nitrogens with one attached hydrogen (secondary N) is 1. The molecule has 138 valence electrons. The van der Waals surface area contributed by atoms with E-state index < -0.39 is 5.60 Å². The van der Waals surface area contributed by atoms with Crippen LogP contribution in [0, 0.1) is 5.92 Å². The van der Waals surface area contributed by atoms with Crippen molar-refractivity contribution in [1.29, 1.82) is 0 Å². The fraction of sp³-hybridized carbons (Fsp3) is 0.450. The summed E-state index contributed by atoms with van der Waals surface area (Å²) in [6.07, 6.45) is 3.52. The number of aromatic nitrogens is 4. The van der Waals surface area contributed by atoms with Crippen LogP contribution in [0.1, 0.15) is 39.9 Å². The van der Waals surface area contributed by atoms with E-state index in [1.165, 1.54) is 0 Å². The van der Waals surface area contributed by atoms with Gasteiger partial charge in [0, 0.05) is 23.6 Å². The first-order valence-corrected chi connectivity index (χ1v) is 9.05. The van der Waals surface area contributed by atoms with Crippen LogP contribution in [-0.2, 0) is 13.0 Å². The highest BCUT2D eigenvalue weighted by atomic mass is 16.3. The maximum absolute atomic E-state index is 12.1. The molecule has 1 atom stereocenters. The largest absolute Gasteiger partial charge is 0.389 e. The van der Waals surface area contributed by atoms with Crippen molar-refractivity contribution in [2.75, 3.05) is 0 Å². The van der Waals surface area contributed by atoms with Crippen molar-refractivity contribution in [3.8, 4) is 11.4 Å². The second kappa shape index (κ2) is 7.03. The fourth-order valence-corrected chi connectivity index (χ4v) is 3.00. The van der Waals surface area contributed by atoms with E-state index >= 15 is 0 Å². The number of hydrogen-bond donors (Lipinski definition) is 2. The molecule has 3 rings (SSSR count). The molecule has 0 spiro atoms. The first-order chi connectivity index (χ1) is 12.3. The van der Waals surface area contributed by atoms with Crippen LogP contribution in [0.2, 0.25) is 0 Å². The number of rotatable bonds is 6. The van der Waals surface area contributed by atoms with E-state index in [9.17, 15) is 9.90 Å². The van der Waals surface area contributed by atoms with Gasteiger partial charge >= 0.3 is 0 Å². The van der Waals surface area contributed by atoms with E-state index in [1.807, 2.05) is 18.2 Å². The lowest BCUT2D eigenvalue weighted by atomic mass is 10.1. The summed E-state index contributed by atoms with van der Waals surface area (Å²) in [4.78, 5) is 19.7. The Hall–Kier alpha value is -2.47. The zero-order chi connectivity index (χ0) is 18.9. The second-order valence-corrected chi connectivity index (χ2v) is 7.62. The van der Waals surface area contributed by atoms with Crippen LogP contribution in [-0.4, -0.2) is 30.5 Å². The molecule has 0 aliphatic rings. The van der Waals surface area contributed by atoms with Gasteiger partial charge in [-0.05, 0) is 31.2 Å². The third kappa shape index (κ3) is 3.85. The summed E-state index contributed by atoms with van der Waals surface area (Å²) in [7, 11) is 0. The van der Waals surface area contributed by atoms with Gasteiger partial charge < -0.3 is 10.1 Å². The van der Waals surface area contributed by atoms with Gasteiger partial charge in [-0.1, -0.05) is 38.5 Å². The summed E-state index contributed by atoms with van der Waals surface area (Å²) in [5.74, 6) is 1.90. The monoisotopic (exact) mass is 354 g/mol. The van der Waals surface area contributed by atoms with Gasteiger partial charge in [-0.2, -0.15) is 5.10 Å². The van der Waals surface area contributed by atoms with Crippen molar-refractivity contribution >= 4 is 10.8 Å². The van der Waals surface area contributed by atoms with Gasteiger partial charge in [-0.15, -0.1) is 0 Å². The van der Waals surface area contributed by atoms with Gasteiger partial charge in [0.05, 0.1) is 12.1 Å². The third-order valence-corrected chi connectivity index (χ3v) is 4.53. The molecule has 1 aromatic carbocycles. The molecule has 0 amide bonds. The topological polar surface area (TPSA) is 83.8 Å². The number of hydrogen-bond acceptors (Lipinski definition) is 4. The van der Waals surface area contributed by atoms with E-state index in [4.69, 9.17) is 4.98 Å². The Kier molecular flexibility index (Phi) is 4.96. The van der Waals surface area contributed by atoms with E-state index in [1.54, 1.807) is 30.8 Å². The van der Waals surface area contributed by atoms with E-state index in [0.717, 1.165) is 29.6 Å². The highest BCUT2D eigenvalue weighted by molar-refractivity contribution is 5.94. The van der Waals surface area contributed by atoms with Crippen molar-refractivity contribution in [2.45, 2.75) is 52.7 Å². The van der Waals surface area contributed by atoms with Crippen LogP contribution in [0.25, 0.3) is 22.2 Å². The summed E-state index contributed by atoms with van der Waals surface area (Å²) >= 11 is 0. The third-order valence-electron chi connectivity index (χ3n) is 4.53. The summed E-state index contributed by atoms with van der Waals surface area (Å²) in [5.41, 5.74) is -0.237. The predicted octanol–water partition coefficient (Wildman–Crippen LogP) is 3.15. The smallest absolute Gasteiger partial charge is 0.255 e. The molecule has 2 aromatic heterocycles. The van der Waals surface area contributed by atoms with Crippen LogP contribution in [0.15, 0.2) is 35.3 Å². The first-order valence-electron chi connectivity index (χ1n) is 9.05. The first kappa shape index (κ1) is 18.3. The van der Waals surface area contributed by atoms with Crippen LogP contribution < -0.4 is 5.56 Å². The minimum atomic E-state index is -0.923. The van der Waals surface area contributed by atoms with E-state index in [2.05, 4.69) is 23.9 Å². The van der Waals surface area contributed by atoms with Crippen LogP contribution in [0.4, 0.5) is 0 Å². The summed E-state index contributed by atoms with van der Waals surface area (Å²) < 4.78 is 1.75. The molecule has 3 aromatic rings. The Morgan fingerprint density at radius 2 is 1.96 bits per heavy atom. The molecule has 6 nitrogen and oxygen atoms in total. The highest BCUT2D eigenvalue weighted by Crippen LogP contribution is 2.26. The summed E-state index contributed by atoms with van der Waals surface area (Å²) in [5, 5.41) is 16.4. The van der Waals surface area contributed by atoms with Crippen molar-refractivity contribution in [1.82, 2.24) is 19.7 Å². The highest BCUT2D eigenvalue weighted by Gasteiger charge is 2.21. The molecular weight excluding hydrogens is 328 g/mol. The average molecular weight is 354 g/mol. The SMILES string of the molecule is CCC(C)Cc1nc(-c2c[nH]c(=O)c3ccccc23)n(CC(C)(C)O)n1. The Morgan fingerprint density at radius 3 is 2.62 bits per heavy atom. The standard InChI is InChI=1S/C20H26N4O2/c1-5-13(2)10-17-22-18(24(23-17)12-20(3,4)26)16-11-21-19(25)15-9-7-6-8-14(15)16/h6-9,11,13,26H,5,10,12H2,1-4H3,(H,21,25). The second-order valence-electron chi connectivity index (χ2n) is 7.62. The molecule has 6 heteroatoms. The van der Waals surface area contributed by atoms with Gasteiger partial charge in [-0.3, -0.25) is 4.79 Å². The number of H-pyrrole nitrogens is 1. The molecule has 0 saturated carbocycles. The molecule has 2 heterocycles. The molecule has 26 heavy (non-hydrogen) atoms. The van der Waals surface area contributed by atoms with Crippen molar-refractivity contribution < 1.29 is 5.11 Å². The molecule has 0 radical (unpaired) electrons. The Labute approximate surface area is 152 Å². The fourth-order valence-electron chi connectivity index (χ4n) is 3.00.